The lowest BCUT2D eigenvalue weighted by atomic mass is 9.78. The summed E-state index contributed by atoms with van der Waals surface area (Å²) in [5.74, 6) is 1.91. The lowest BCUT2D eigenvalue weighted by Gasteiger charge is -2.49. The molecule has 1 saturated heterocycles. The van der Waals surface area contributed by atoms with E-state index in [2.05, 4.69) is 11.8 Å². The number of rotatable bonds is 2. The van der Waals surface area contributed by atoms with Gasteiger partial charge >= 0.3 is 0 Å². The molecule has 1 heterocycles. The predicted molar refractivity (Wildman–Crippen MR) is 71.9 cm³/mol. The quantitative estimate of drug-likeness (QED) is 0.799. The van der Waals surface area contributed by atoms with Gasteiger partial charge in [0.1, 0.15) is 0 Å². The SMILES string of the molecule is CC1CCCCCN1C1(CN)CC2CCC1C2. The second-order valence-corrected chi connectivity index (χ2v) is 6.78. The fourth-order valence-corrected chi connectivity index (χ4v) is 5.07. The molecule has 0 spiro atoms. The number of nitrogens with zero attached hydrogens (tertiary/aromatic N) is 1. The maximum absolute atomic E-state index is 6.26. The Hall–Kier alpha value is -0.0800. The van der Waals surface area contributed by atoms with Gasteiger partial charge in [-0.3, -0.25) is 4.90 Å². The van der Waals surface area contributed by atoms with Crippen LogP contribution < -0.4 is 5.73 Å². The molecule has 0 aromatic heterocycles. The molecular formula is C15H28N2. The molecule has 0 radical (unpaired) electrons. The summed E-state index contributed by atoms with van der Waals surface area (Å²) in [5, 5.41) is 0. The van der Waals surface area contributed by atoms with Gasteiger partial charge in [0, 0.05) is 18.1 Å². The highest BCUT2D eigenvalue weighted by molar-refractivity contribution is 5.09. The van der Waals surface area contributed by atoms with E-state index in [1.807, 2.05) is 0 Å². The summed E-state index contributed by atoms with van der Waals surface area (Å²) in [7, 11) is 0. The van der Waals surface area contributed by atoms with Crippen molar-refractivity contribution >= 4 is 0 Å². The van der Waals surface area contributed by atoms with Crippen molar-refractivity contribution in [2.24, 2.45) is 17.6 Å². The summed E-state index contributed by atoms with van der Waals surface area (Å²) >= 11 is 0. The van der Waals surface area contributed by atoms with Crippen LogP contribution in [0.1, 0.15) is 58.3 Å². The maximum Gasteiger partial charge on any atom is 0.0365 e. The van der Waals surface area contributed by atoms with Gasteiger partial charge in [-0.1, -0.05) is 19.3 Å². The van der Waals surface area contributed by atoms with Crippen LogP contribution in [0.15, 0.2) is 0 Å². The molecule has 3 fully saturated rings. The van der Waals surface area contributed by atoms with Gasteiger partial charge in [0.05, 0.1) is 0 Å². The van der Waals surface area contributed by atoms with Gasteiger partial charge in [-0.15, -0.1) is 0 Å². The topological polar surface area (TPSA) is 29.3 Å². The number of hydrogen-bond acceptors (Lipinski definition) is 2. The van der Waals surface area contributed by atoms with Crippen LogP contribution >= 0.6 is 0 Å². The van der Waals surface area contributed by atoms with Crippen molar-refractivity contribution in [1.29, 1.82) is 0 Å². The minimum atomic E-state index is 0.396. The lowest BCUT2D eigenvalue weighted by molar-refractivity contribution is 0.0128. The van der Waals surface area contributed by atoms with Gasteiger partial charge in [-0.25, -0.2) is 0 Å². The van der Waals surface area contributed by atoms with Gasteiger partial charge in [0.15, 0.2) is 0 Å². The van der Waals surface area contributed by atoms with E-state index in [0.717, 1.165) is 24.4 Å². The van der Waals surface area contributed by atoms with E-state index >= 15 is 0 Å². The van der Waals surface area contributed by atoms with E-state index in [1.54, 1.807) is 0 Å². The second-order valence-electron chi connectivity index (χ2n) is 6.78. The Bertz CT molecular complexity index is 278. The summed E-state index contributed by atoms with van der Waals surface area (Å²) in [6.07, 6.45) is 11.4. The van der Waals surface area contributed by atoms with Crippen molar-refractivity contribution in [1.82, 2.24) is 4.90 Å². The van der Waals surface area contributed by atoms with E-state index in [9.17, 15) is 0 Å². The average molecular weight is 236 g/mol. The van der Waals surface area contributed by atoms with Crippen LogP contribution in [-0.4, -0.2) is 29.6 Å². The van der Waals surface area contributed by atoms with Crippen LogP contribution in [0.4, 0.5) is 0 Å². The maximum atomic E-state index is 6.26. The van der Waals surface area contributed by atoms with Crippen LogP contribution in [0.3, 0.4) is 0 Å². The molecular weight excluding hydrogens is 208 g/mol. The Morgan fingerprint density at radius 3 is 2.71 bits per heavy atom. The average Bonchev–Trinajstić information content (AvgIpc) is 2.87. The zero-order valence-electron chi connectivity index (χ0n) is 11.3. The third-order valence-corrected chi connectivity index (χ3v) is 5.92. The van der Waals surface area contributed by atoms with Crippen molar-refractivity contribution < 1.29 is 0 Å². The molecule has 0 aromatic carbocycles. The number of fused-ring (bicyclic) bond motifs is 2. The monoisotopic (exact) mass is 236 g/mol. The molecule has 3 rings (SSSR count). The third-order valence-electron chi connectivity index (χ3n) is 5.92. The molecule has 2 bridgehead atoms. The summed E-state index contributed by atoms with van der Waals surface area (Å²) in [6, 6.07) is 0.764. The first-order valence-electron chi connectivity index (χ1n) is 7.73. The molecule has 4 unspecified atom stereocenters. The van der Waals surface area contributed by atoms with Crippen LogP contribution in [0, 0.1) is 11.8 Å². The molecule has 17 heavy (non-hydrogen) atoms. The molecule has 3 aliphatic rings. The molecule has 4 atom stereocenters. The molecule has 0 aromatic rings. The fourth-order valence-electron chi connectivity index (χ4n) is 5.07. The van der Waals surface area contributed by atoms with Gasteiger partial charge < -0.3 is 5.73 Å². The Labute approximate surface area is 106 Å². The Kier molecular flexibility index (Phi) is 3.20. The van der Waals surface area contributed by atoms with Crippen LogP contribution in [0.2, 0.25) is 0 Å². The molecule has 2 N–H and O–H groups in total. The Morgan fingerprint density at radius 1 is 1.18 bits per heavy atom. The van der Waals surface area contributed by atoms with E-state index in [4.69, 9.17) is 5.73 Å². The van der Waals surface area contributed by atoms with E-state index in [0.29, 0.717) is 5.54 Å². The van der Waals surface area contributed by atoms with E-state index in [-0.39, 0.29) is 0 Å². The van der Waals surface area contributed by atoms with Crippen molar-refractivity contribution in [3.63, 3.8) is 0 Å². The predicted octanol–water partition coefficient (Wildman–Crippen LogP) is 2.77. The number of hydrogen-bond donors (Lipinski definition) is 1. The molecule has 0 amide bonds. The second kappa shape index (κ2) is 4.55. The zero-order valence-corrected chi connectivity index (χ0v) is 11.3. The number of likely N-dealkylation sites (tertiary alicyclic amines) is 1. The molecule has 2 nitrogen and oxygen atoms in total. The van der Waals surface area contributed by atoms with E-state index in [1.165, 1.54) is 57.9 Å². The van der Waals surface area contributed by atoms with Gasteiger partial charge in [0.25, 0.3) is 0 Å². The minimum absolute atomic E-state index is 0.396. The van der Waals surface area contributed by atoms with Crippen molar-refractivity contribution in [3.05, 3.63) is 0 Å². The first-order valence-corrected chi connectivity index (χ1v) is 7.73. The highest BCUT2D eigenvalue weighted by Crippen LogP contribution is 2.54. The summed E-state index contributed by atoms with van der Waals surface area (Å²) in [5.41, 5.74) is 6.65. The molecule has 2 saturated carbocycles. The Balaban J connectivity index is 1.83. The first kappa shape index (κ1) is 12.0. The highest BCUT2D eigenvalue weighted by Gasteiger charge is 2.53. The van der Waals surface area contributed by atoms with Crippen molar-refractivity contribution in [2.75, 3.05) is 13.1 Å². The fraction of sp³-hybridized carbons (Fsp3) is 1.00. The van der Waals surface area contributed by atoms with Crippen molar-refractivity contribution in [2.45, 2.75) is 69.9 Å². The minimum Gasteiger partial charge on any atom is -0.329 e. The summed E-state index contributed by atoms with van der Waals surface area (Å²) in [6.45, 7) is 4.65. The lowest BCUT2D eigenvalue weighted by Crippen LogP contribution is -2.60. The molecule has 2 aliphatic carbocycles. The molecule has 1 aliphatic heterocycles. The highest BCUT2D eigenvalue weighted by atomic mass is 15.2. The normalized spacial score (nSPS) is 47.3. The Morgan fingerprint density at radius 2 is 2.06 bits per heavy atom. The van der Waals surface area contributed by atoms with Gasteiger partial charge in [-0.05, 0) is 57.4 Å². The summed E-state index contributed by atoms with van der Waals surface area (Å²) in [4.78, 5) is 2.84. The van der Waals surface area contributed by atoms with Crippen LogP contribution in [0.25, 0.3) is 0 Å². The van der Waals surface area contributed by atoms with E-state index < -0.39 is 0 Å². The molecule has 98 valence electrons. The molecule has 2 heteroatoms. The summed E-state index contributed by atoms with van der Waals surface area (Å²) < 4.78 is 0. The van der Waals surface area contributed by atoms with Crippen LogP contribution in [0.5, 0.6) is 0 Å². The van der Waals surface area contributed by atoms with Gasteiger partial charge in [0.2, 0.25) is 0 Å². The van der Waals surface area contributed by atoms with Crippen LogP contribution in [-0.2, 0) is 0 Å². The zero-order chi connectivity index (χ0) is 11.9. The van der Waals surface area contributed by atoms with Crippen molar-refractivity contribution in [3.8, 4) is 0 Å². The first-order chi connectivity index (χ1) is 8.26. The smallest absolute Gasteiger partial charge is 0.0365 e. The third kappa shape index (κ3) is 1.84. The largest absolute Gasteiger partial charge is 0.329 e. The standard InChI is InChI=1S/C15H28N2/c1-12-5-3-2-4-8-17(12)15(11-16)10-13-6-7-14(15)9-13/h12-14H,2-11,16H2,1H3. The van der Waals surface area contributed by atoms with Gasteiger partial charge in [-0.2, -0.15) is 0 Å². The number of nitrogens with two attached hydrogens (primary N) is 1.